The van der Waals surface area contributed by atoms with E-state index in [0.29, 0.717) is 35.1 Å². The first-order valence-corrected chi connectivity index (χ1v) is 9.60. The van der Waals surface area contributed by atoms with Gasteiger partial charge in [-0.25, -0.2) is 4.98 Å². The molecule has 2 unspecified atom stereocenters. The Labute approximate surface area is 164 Å². The molecule has 1 fully saturated rings. The van der Waals surface area contributed by atoms with Gasteiger partial charge in [0.05, 0.1) is 18.9 Å². The van der Waals surface area contributed by atoms with Crippen molar-refractivity contribution in [3.63, 3.8) is 0 Å². The molecule has 2 N–H and O–H groups in total. The van der Waals surface area contributed by atoms with Crippen LogP contribution in [-0.2, 0) is 9.53 Å². The lowest BCUT2D eigenvalue weighted by atomic mass is 10.1. The predicted octanol–water partition coefficient (Wildman–Crippen LogP) is 1.61. The van der Waals surface area contributed by atoms with Gasteiger partial charge in [0.2, 0.25) is 5.91 Å². The van der Waals surface area contributed by atoms with E-state index in [1.54, 1.807) is 18.2 Å². The quantitative estimate of drug-likeness (QED) is 0.713. The maximum Gasteiger partial charge on any atom is 0.258 e. The van der Waals surface area contributed by atoms with Gasteiger partial charge >= 0.3 is 0 Å². The van der Waals surface area contributed by atoms with Gasteiger partial charge in [-0.15, -0.1) is 0 Å². The molecule has 1 aromatic heterocycles. The van der Waals surface area contributed by atoms with Crippen LogP contribution in [0.3, 0.4) is 0 Å². The zero-order valence-corrected chi connectivity index (χ0v) is 16.7. The molecule has 1 amide bonds. The minimum absolute atomic E-state index is 0.0839. The second kappa shape index (κ2) is 9.16. The number of fused-ring (bicyclic) bond motifs is 1. The number of aromatic nitrogens is 2. The number of nitrogens with zero attached hydrogens (tertiary/aromatic N) is 2. The zero-order chi connectivity index (χ0) is 20.1. The van der Waals surface area contributed by atoms with Gasteiger partial charge in [0.15, 0.2) is 0 Å². The number of rotatable bonds is 8. The summed E-state index contributed by atoms with van der Waals surface area (Å²) in [6.07, 6.45) is 2.77. The summed E-state index contributed by atoms with van der Waals surface area (Å²) in [6, 6.07) is 5.69. The lowest BCUT2D eigenvalue weighted by Gasteiger charge is -2.20. The minimum atomic E-state index is -0.642. The van der Waals surface area contributed by atoms with Crippen LogP contribution in [-0.4, -0.2) is 61.2 Å². The minimum Gasteiger partial charge on any atom is -0.494 e. The number of nitrogens with one attached hydrogen (secondary N) is 2. The number of benzene rings is 1. The van der Waals surface area contributed by atoms with Crippen molar-refractivity contribution in [3.05, 3.63) is 34.4 Å². The summed E-state index contributed by atoms with van der Waals surface area (Å²) in [5.41, 5.74) is 0.168. The third-order valence-corrected chi connectivity index (χ3v) is 5.37. The number of hydrogen-bond donors (Lipinski definition) is 2. The Bertz CT molecular complexity index is 882. The maximum atomic E-state index is 12.4. The average Bonchev–Trinajstić information content (AvgIpc) is 3.10. The number of methoxy groups -OCH3 is 2. The fraction of sp³-hybridized carbons (Fsp3) is 0.550. The second-order valence-corrected chi connectivity index (χ2v) is 7.15. The number of ether oxygens (including phenoxy) is 2. The van der Waals surface area contributed by atoms with Crippen molar-refractivity contribution in [1.29, 1.82) is 0 Å². The summed E-state index contributed by atoms with van der Waals surface area (Å²) < 4.78 is 10.7. The highest BCUT2D eigenvalue weighted by molar-refractivity contribution is 5.83. The number of H-pyrrole nitrogens is 1. The van der Waals surface area contributed by atoms with E-state index >= 15 is 0 Å². The monoisotopic (exact) mass is 388 g/mol. The molecule has 8 nitrogen and oxygen atoms in total. The van der Waals surface area contributed by atoms with E-state index in [4.69, 9.17) is 9.47 Å². The number of carbonyl (C=O) groups excluding carboxylic acids is 1. The Morgan fingerprint density at radius 1 is 1.43 bits per heavy atom. The van der Waals surface area contributed by atoms with E-state index in [0.717, 1.165) is 13.0 Å². The van der Waals surface area contributed by atoms with Crippen LogP contribution in [0.5, 0.6) is 5.75 Å². The Hall–Kier alpha value is -2.45. The van der Waals surface area contributed by atoms with Crippen LogP contribution in [0.1, 0.15) is 37.6 Å². The molecule has 0 bridgehead atoms. The molecule has 3 rings (SSSR count). The highest BCUT2D eigenvalue weighted by Crippen LogP contribution is 2.24. The number of para-hydroxylation sites is 1. The normalized spacial score (nSPS) is 18.3. The van der Waals surface area contributed by atoms with Crippen molar-refractivity contribution >= 4 is 16.8 Å². The van der Waals surface area contributed by atoms with Crippen molar-refractivity contribution < 1.29 is 14.3 Å². The van der Waals surface area contributed by atoms with E-state index in [9.17, 15) is 9.59 Å². The van der Waals surface area contributed by atoms with Crippen LogP contribution >= 0.6 is 0 Å². The van der Waals surface area contributed by atoms with E-state index < -0.39 is 6.10 Å². The third-order valence-electron chi connectivity index (χ3n) is 5.37. The summed E-state index contributed by atoms with van der Waals surface area (Å²) in [5, 5.41) is 3.38. The molecule has 0 saturated carbocycles. The average molecular weight is 388 g/mol. The number of aromatic amines is 1. The number of carbonyl (C=O) groups is 1. The fourth-order valence-electron chi connectivity index (χ4n) is 3.72. The standard InChI is InChI=1S/C20H28N4O4/c1-24-11-5-6-13(24)9-10-21-17(25)12-16(28-3)19-22-18-14(20(26)23-19)7-4-8-15(18)27-2/h4,7-8,13,16H,5-6,9-12H2,1-3H3,(H,21,25)(H,22,23,26). The lowest BCUT2D eigenvalue weighted by molar-refractivity contribution is -0.123. The Morgan fingerprint density at radius 3 is 2.93 bits per heavy atom. The first-order chi connectivity index (χ1) is 13.5. The van der Waals surface area contributed by atoms with E-state index in [1.165, 1.54) is 27.1 Å². The molecule has 0 spiro atoms. The zero-order valence-electron chi connectivity index (χ0n) is 16.7. The van der Waals surface area contributed by atoms with Gasteiger partial charge < -0.3 is 24.7 Å². The van der Waals surface area contributed by atoms with E-state index in [2.05, 4.69) is 27.2 Å². The van der Waals surface area contributed by atoms with Gasteiger partial charge in [-0.05, 0) is 45.0 Å². The number of likely N-dealkylation sites (tertiary alicyclic amines) is 1. The topological polar surface area (TPSA) is 96.5 Å². The molecule has 1 saturated heterocycles. The van der Waals surface area contributed by atoms with Crippen LogP contribution < -0.4 is 15.6 Å². The van der Waals surface area contributed by atoms with Gasteiger partial charge in [-0.2, -0.15) is 0 Å². The van der Waals surface area contributed by atoms with Crippen molar-refractivity contribution in [1.82, 2.24) is 20.2 Å². The molecular weight excluding hydrogens is 360 g/mol. The van der Waals surface area contributed by atoms with E-state index in [1.807, 2.05) is 0 Å². The van der Waals surface area contributed by atoms with Gasteiger partial charge in [0, 0.05) is 19.7 Å². The summed E-state index contributed by atoms with van der Waals surface area (Å²) in [7, 11) is 5.15. The number of amides is 1. The molecule has 28 heavy (non-hydrogen) atoms. The maximum absolute atomic E-state index is 12.4. The summed E-state index contributed by atoms with van der Waals surface area (Å²) >= 11 is 0. The fourth-order valence-corrected chi connectivity index (χ4v) is 3.72. The van der Waals surface area contributed by atoms with Crippen molar-refractivity contribution in [2.75, 3.05) is 34.4 Å². The Kier molecular flexibility index (Phi) is 6.64. The molecule has 0 aliphatic carbocycles. The predicted molar refractivity (Wildman–Crippen MR) is 107 cm³/mol. The summed E-state index contributed by atoms with van der Waals surface area (Å²) in [4.78, 5) is 34.3. The summed E-state index contributed by atoms with van der Waals surface area (Å²) in [5.74, 6) is 0.690. The molecule has 1 aliphatic rings. The van der Waals surface area contributed by atoms with Crippen LogP contribution in [0.15, 0.2) is 23.0 Å². The van der Waals surface area contributed by atoms with Gasteiger partial charge in [0.25, 0.3) is 5.56 Å². The molecule has 1 aliphatic heterocycles. The second-order valence-electron chi connectivity index (χ2n) is 7.15. The smallest absolute Gasteiger partial charge is 0.258 e. The molecule has 2 heterocycles. The molecular formula is C20H28N4O4. The lowest BCUT2D eigenvalue weighted by Crippen LogP contribution is -2.32. The van der Waals surface area contributed by atoms with E-state index in [-0.39, 0.29) is 17.9 Å². The SMILES string of the molecule is COc1cccc2c(=O)[nH]c(C(CC(=O)NCCC3CCCN3C)OC)nc12. The highest BCUT2D eigenvalue weighted by atomic mass is 16.5. The first-order valence-electron chi connectivity index (χ1n) is 9.60. The van der Waals surface area contributed by atoms with Crippen LogP contribution in [0.2, 0.25) is 0 Å². The van der Waals surface area contributed by atoms with Gasteiger partial charge in [0.1, 0.15) is 23.2 Å². The third kappa shape index (κ3) is 4.51. The molecule has 1 aromatic carbocycles. The molecule has 152 valence electrons. The molecule has 0 radical (unpaired) electrons. The van der Waals surface area contributed by atoms with Crippen molar-refractivity contribution in [2.45, 2.75) is 37.8 Å². The van der Waals surface area contributed by atoms with Crippen LogP contribution in [0.25, 0.3) is 10.9 Å². The molecule has 2 aromatic rings. The van der Waals surface area contributed by atoms with Crippen LogP contribution in [0.4, 0.5) is 0 Å². The Morgan fingerprint density at radius 2 is 2.25 bits per heavy atom. The first kappa shape index (κ1) is 20.3. The van der Waals surface area contributed by atoms with Gasteiger partial charge in [-0.1, -0.05) is 6.07 Å². The largest absolute Gasteiger partial charge is 0.494 e. The molecule has 8 heteroatoms. The Balaban J connectivity index is 1.67. The molecule has 2 atom stereocenters. The number of hydrogen-bond acceptors (Lipinski definition) is 6. The van der Waals surface area contributed by atoms with Crippen LogP contribution in [0, 0.1) is 0 Å². The van der Waals surface area contributed by atoms with Crippen molar-refractivity contribution in [2.24, 2.45) is 0 Å². The van der Waals surface area contributed by atoms with Gasteiger partial charge in [-0.3, -0.25) is 9.59 Å². The summed E-state index contributed by atoms with van der Waals surface area (Å²) in [6.45, 7) is 1.74. The van der Waals surface area contributed by atoms with Crippen molar-refractivity contribution in [3.8, 4) is 5.75 Å². The highest BCUT2D eigenvalue weighted by Gasteiger charge is 2.22.